The van der Waals surface area contributed by atoms with Gasteiger partial charge >= 0.3 is 0 Å². The van der Waals surface area contributed by atoms with E-state index >= 15 is 0 Å². The molecule has 1 aliphatic heterocycles. The number of Topliss-reactive ketones (excluding diaryl/α,β-unsaturated/α-hetero) is 1. The fourth-order valence-corrected chi connectivity index (χ4v) is 3.98. The SMILES string of the molecule is O=C(CCC(=O)N1CCC[C@@H]1c1ccc(Br)cc1)c1cccs1. The molecule has 1 aromatic carbocycles. The summed E-state index contributed by atoms with van der Waals surface area (Å²) in [6.45, 7) is 0.784. The summed E-state index contributed by atoms with van der Waals surface area (Å²) in [5.41, 5.74) is 1.17. The van der Waals surface area contributed by atoms with Gasteiger partial charge in [-0.05, 0) is 42.0 Å². The van der Waals surface area contributed by atoms with Gasteiger partial charge in [0.2, 0.25) is 5.91 Å². The lowest BCUT2D eigenvalue weighted by Gasteiger charge is -2.25. The molecule has 1 aliphatic rings. The van der Waals surface area contributed by atoms with Crippen LogP contribution >= 0.6 is 27.3 Å². The molecule has 1 fully saturated rings. The Morgan fingerprint density at radius 3 is 2.65 bits per heavy atom. The average molecular weight is 392 g/mol. The van der Waals surface area contributed by atoms with Crippen LogP contribution in [0.3, 0.4) is 0 Å². The summed E-state index contributed by atoms with van der Waals surface area (Å²) < 4.78 is 1.04. The third kappa shape index (κ3) is 3.90. The highest BCUT2D eigenvalue weighted by atomic mass is 79.9. The van der Waals surface area contributed by atoms with E-state index in [0.717, 1.165) is 28.7 Å². The maximum Gasteiger partial charge on any atom is 0.223 e. The maximum atomic E-state index is 12.5. The van der Waals surface area contributed by atoms with Crippen molar-refractivity contribution in [3.8, 4) is 0 Å². The Morgan fingerprint density at radius 1 is 1.17 bits per heavy atom. The van der Waals surface area contributed by atoms with Crippen LogP contribution in [-0.2, 0) is 4.79 Å². The van der Waals surface area contributed by atoms with E-state index in [1.54, 1.807) is 0 Å². The lowest BCUT2D eigenvalue weighted by atomic mass is 10.0. The molecule has 0 saturated carbocycles. The molecule has 1 saturated heterocycles. The van der Waals surface area contributed by atoms with Gasteiger partial charge in [-0.2, -0.15) is 0 Å². The number of likely N-dealkylation sites (tertiary alicyclic amines) is 1. The highest BCUT2D eigenvalue weighted by molar-refractivity contribution is 9.10. The van der Waals surface area contributed by atoms with Crippen molar-refractivity contribution >= 4 is 39.0 Å². The van der Waals surface area contributed by atoms with Crippen LogP contribution in [0.1, 0.15) is 47.0 Å². The van der Waals surface area contributed by atoms with Crippen molar-refractivity contribution in [2.75, 3.05) is 6.54 Å². The topological polar surface area (TPSA) is 37.4 Å². The molecule has 2 aromatic rings. The second-order valence-electron chi connectivity index (χ2n) is 5.70. The lowest BCUT2D eigenvalue weighted by Crippen LogP contribution is -2.30. The molecule has 120 valence electrons. The van der Waals surface area contributed by atoms with E-state index in [0.29, 0.717) is 12.8 Å². The number of ketones is 1. The number of carbonyl (C=O) groups is 2. The van der Waals surface area contributed by atoms with Gasteiger partial charge in [0.1, 0.15) is 0 Å². The number of nitrogens with zero attached hydrogens (tertiary/aromatic N) is 1. The van der Waals surface area contributed by atoms with E-state index in [1.807, 2.05) is 34.5 Å². The third-order valence-corrected chi connectivity index (χ3v) is 5.63. The van der Waals surface area contributed by atoms with Crippen molar-refractivity contribution in [1.29, 1.82) is 0 Å². The fourth-order valence-electron chi connectivity index (χ4n) is 3.02. The monoisotopic (exact) mass is 391 g/mol. The summed E-state index contributed by atoms with van der Waals surface area (Å²) in [6, 6.07) is 12.0. The van der Waals surface area contributed by atoms with Crippen molar-refractivity contribution < 1.29 is 9.59 Å². The van der Waals surface area contributed by atoms with Gasteiger partial charge < -0.3 is 4.90 Å². The van der Waals surface area contributed by atoms with Crippen LogP contribution in [0.5, 0.6) is 0 Å². The predicted octanol–water partition coefficient (Wildman–Crippen LogP) is 4.84. The minimum atomic E-state index is 0.0627. The molecule has 5 heteroatoms. The fraction of sp³-hybridized carbons (Fsp3) is 0.333. The minimum Gasteiger partial charge on any atom is -0.336 e. The number of hydrogen-bond acceptors (Lipinski definition) is 3. The van der Waals surface area contributed by atoms with Gasteiger partial charge in [0.25, 0.3) is 0 Å². The first kappa shape index (κ1) is 16.4. The van der Waals surface area contributed by atoms with Crippen molar-refractivity contribution in [1.82, 2.24) is 4.90 Å². The van der Waals surface area contributed by atoms with Gasteiger partial charge in [0.05, 0.1) is 10.9 Å². The summed E-state index contributed by atoms with van der Waals surface area (Å²) in [7, 11) is 0. The first-order valence-corrected chi connectivity index (χ1v) is 9.44. The van der Waals surface area contributed by atoms with E-state index in [1.165, 1.54) is 16.9 Å². The number of halogens is 1. The first-order valence-electron chi connectivity index (χ1n) is 7.77. The zero-order chi connectivity index (χ0) is 16.2. The van der Waals surface area contributed by atoms with E-state index < -0.39 is 0 Å². The number of hydrogen-bond donors (Lipinski definition) is 0. The van der Waals surface area contributed by atoms with Crippen LogP contribution in [0.15, 0.2) is 46.3 Å². The Morgan fingerprint density at radius 2 is 1.96 bits per heavy atom. The molecule has 0 unspecified atom stereocenters. The standard InChI is InChI=1S/C18H18BrNO2S/c19-14-7-5-13(6-8-14)15-3-1-11-20(15)18(22)10-9-16(21)17-4-2-12-23-17/h2,4-8,12,15H,1,3,9-11H2/t15-/m1/s1. The number of rotatable bonds is 5. The summed E-state index contributed by atoms with van der Waals surface area (Å²) in [5, 5.41) is 1.89. The van der Waals surface area contributed by atoms with E-state index in [2.05, 4.69) is 28.1 Å². The van der Waals surface area contributed by atoms with Gasteiger partial charge in [-0.25, -0.2) is 0 Å². The van der Waals surface area contributed by atoms with Crippen molar-refractivity contribution in [3.63, 3.8) is 0 Å². The van der Waals surface area contributed by atoms with E-state index in [4.69, 9.17) is 0 Å². The summed E-state index contributed by atoms with van der Waals surface area (Å²) in [5.74, 6) is 0.146. The molecule has 1 amide bonds. The van der Waals surface area contributed by atoms with Crippen LogP contribution in [0.25, 0.3) is 0 Å². The molecule has 3 nitrogen and oxygen atoms in total. The molecule has 1 aromatic heterocycles. The number of thiophene rings is 1. The Labute approximate surface area is 148 Å². The van der Waals surface area contributed by atoms with Crippen LogP contribution in [0.2, 0.25) is 0 Å². The first-order chi connectivity index (χ1) is 11.1. The van der Waals surface area contributed by atoms with Crippen LogP contribution in [-0.4, -0.2) is 23.1 Å². The Balaban J connectivity index is 1.62. The zero-order valence-corrected chi connectivity index (χ0v) is 15.1. The summed E-state index contributed by atoms with van der Waals surface area (Å²) in [6.07, 6.45) is 2.60. The van der Waals surface area contributed by atoms with Crippen LogP contribution < -0.4 is 0 Å². The molecule has 0 bridgehead atoms. The molecule has 23 heavy (non-hydrogen) atoms. The molecule has 1 atom stereocenters. The highest BCUT2D eigenvalue weighted by Gasteiger charge is 2.29. The van der Waals surface area contributed by atoms with Gasteiger partial charge in [0.15, 0.2) is 5.78 Å². The third-order valence-electron chi connectivity index (χ3n) is 4.19. The average Bonchev–Trinajstić information content (AvgIpc) is 3.24. The lowest BCUT2D eigenvalue weighted by molar-refractivity contribution is -0.132. The molecule has 3 rings (SSSR count). The number of carbonyl (C=O) groups excluding carboxylic acids is 2. The van der Waals surface area contributed by atoms with Gasteiger partial charge in [-0.3, -0.25) is 9.59 Å². The summed E-state index contributed by atoms with van der Waals surface area (Å²) in [4.78, 5) is 27.3. The number of amides is 1. The van der Waals surface area contributed by atoms with E-state index in [-0.39, 0.29) is 17.7 Å². The highest BCUT2D eigenvalue weighted by Crippen LogP contribution is 2.33. The zero-order valence-electron chi connectivity index (χ0n) is 12.7. The maximum absolute atomic E-state index is 12.5. The number of benzene rings is 1. The normalized spacial score (nSPS) is 17.4. The van der Waals surface area contributed by atoms with Crippen molar-refractivity contribution in [2.45, 2.75) is 31.7 Å². The van der Waals surface area contributed by atoms with E-state index in [9.17, 15) is 9.59 Å². The molecule has 0 radical (unpaired) electrons. The minimum absolute atomic E-state index is 0.0627. The Kier molecular flexibility index (Phi) is 5.28. The second-order valence-corrected chi connectivity index (χ2v) is 7.56. The van der Waals surface area contributed by atoms with Gasteiger partial charge in [0, 0.05) is 23.9 Å². The van der Waals surface area contributed by atoms with Crippen LogP contribution in [0, 0.1) is 0 Å². The summed E-state index contributed by atoms with van der Waals surface area (Å²) >= 11 is 4.88. The second kappa shape index (κ2) is 7.41. The molecule has 0 aliphatic carbocycles. The van der Waals surface area contributed by atoms with Gasteiger partial charge in [-0.15, -0.1) is 11.3 Å². The Hall–Kier alpha value is -1.46. The largest absolute Gasteiger partial charge is 0.336 e. The van der Waals surface area contributed by atoms with Crippen LogP contribution in [0.4, 0.5) is 0 Å². The smallest absolute Gasteiger partial charge is 0.223 e. The predicted molar refractivity (Wildman–Crippen MR) is 95.7 cm³/mol. The molecule has 2 heterocycles. The molecular weight excluding hydrogens is 374 g/mol. The van der Waals surface area contributed by atoms with Crippen molar-refractivity contribution in [2.24, 2.45) is 0 Å². The quantitative estimate of drug-likeness (QED) is 0.683. The molecule has 0 spiro atoms. The molecular formula is C18H18BrNO2S. The van der Waals surface area contributed by atoms with Gasteiger partial charge in [-0.1, -0.05) is 34.1 Å². The Bertz CT molecular complexity index is 682. The van der Waals surface area contributed by atoms with Crippen molar-refractivity contribution in [3.05, 3.63) is 56.7 Å². The molecule has 0 N–H and O–H groups in total.